The molecule has 0 aliphatic carbocycles. The molecule has 2 aromatic carbocycles. The largest absolute Gasteiger partial charge is 0.506 e. The number of nitrogens with zero attached hydrogens (tertiary/aromatic N) is 3. The topological polar surface area (TPSA) is 114 Å². The van der Waals surface area contributed by atoms with E-state index in [0.717, 1.165) is 5.39 Å². The Labute approximate surface area is 159 Å². The summed E-state index contributed by atoms with van der Waals surface area (Å²) in [5.74, 6) is 1.17. The Balaban J connectivity index is 1.84. The van der Waals surface area contributed by atoms with Crippen LogP contribution >= 0.6 is 0 Å². The van der Waals surface area contributed by atoms with Gasteiger partial charge in [0.2, 0.25) is 0 Å². The fourth-order valence-corrected chi connectivity index (χ4v) is 3.04. The third-order valence-electron chi connectivity index (χ3n) is 4.35. The minimum Gasteiger partial charge on any atom is -0.506 e. The average molecular weight is 376 g/mol. The van der Waals surface area contributed by atoms with Crippen LogP contribution < -0.4 is 5.32 Å². The summed E-state index contributed by atoms with van der Waals surface area (Å²) in [6.45, 7) is 1.77. The number of para-hydroxylation sites is 1. The summed E-state index contributed by atoms with van der Waals surface area (Å²) in [4.78, 5) is 15.3. The second-order valence-corrected chi connectivity index (χ2v) is 6.34. The minimum atomic E-state index is -0.534. The maximum absolute atomic E-state index is 11.2. The molecular formula is C20H16N4O4. The molecule has 0 aliphatic heterocycles. The van der Waals surface area contributed by atoms with E-state index in [9.17, 15) is 15.2 Å². The number of pyridine rings is 1. The van der Waals surface area contributed by atoms with E-state index < -0.39 is 11.0 Å². The molecule has 1 unspecified atom stereocenters. The van der Waals surface area contributed by atoms with E-state index >= 15 is 0 Å². The van der Waals surface area contributed by atoms with Crippen molar-refractivity contribution in [3.05, 3.63) is 87.8 Å². The van der Waals surface area contributed by atoms with Gasteiger partial charge in [0.1, 0.15) is 17.0 Å². The lowest BCUT2D eigenvalue weighted by atomic mass is 10.0. The highest BCUT2D eigenvalue weighted by Crippen LogP contribution is 2.30. The second kappa shape index (κ2) is 6.99. The van der Waals surface area contributed by atoms with Crippen LogP contribution in [-0.4, -0.2) is 20.2 Å². The van der Waals surface area contributed by atoms with Crippen molar-refractivity contribution >= 4 is 22.4 Å². The summed E-state index contributed by atoms with van der Waals surface area (Å²) in [7, 11) is 0. The van der Waals surface area contributed by atoms with Gasteiger partial charge in [0, 0.05) is 23.6 Å². The van der Waals surface area contributed by atoms with Crippen LogP contribution in [0.2, 0.25) is 0 Å². The lowest BCUT2D eigenvalue weighted by Crippen LogP contribution is -2.14. The summed E-state index contributed by atoms with van der Waals surface area (Å²) in [5.41, 5.74) is 1.64. The van der Waals surface area contributed by atoms with Gasteiger partial charge in [0.25, 0.3) is 5.69 Å². The first-order valence-corrected chi connectivity index (χ1v) is 8.54. The SMILES string of the molecule is Cc1cc(NC(c2cccc([N+](=O)[O-])c2)c2ccc3cccc(O)c3n2)no1. The van der Waals surface area contributed by atoms with Gasteiger partial charge < -0.3 is 14.9 Å². The summed E-state index contributed by atoms with van der Waals surface area (Å²) in [6, 6.07) is 16.3. The molecule has 4 rings (SSSR count). The number of aromatic nitrogens is 2. The molecule has 0 bridgehead atoms. The zero-order valence-electron chi connectivity index (χ0n) is 14.9. The standard InChI is InChI=1S/C20H16N4O4/c1-12-10-18(23-28-12)22-19(14-5-2-6-15(11-14)24(26)27)16-9-8-13-4-3-7-17(25)20(13)21-16/h2-11,19,25H,1H3,(H,22,23). The van der Waals surface area contributed by atoms with Gasteiger partial charge in [-0.25, -0.2) is 4.98 Å². The fourth-order valence-electron chi connectivity index (χ4n) is 3.04. The minimum absolute atomic E-state index is 0.0238. The lowest BCUT2D eigenvalue weighted by Gasteiger charge is -2.19. The molecule has 1 atom stereocenters. The van der Waals surface area contributed by atoms with E-state index in [4.69, 9.17) is 4.52 Å². The number of anilines is 1. The van der Waals surface area contributed by atoms with E-state index in [1.165, 1.54) is 12.1 Å². The van der Waals surface area contributed by atoms with Gasteiger partial charge in [-0.3, -0.25) is 10.1 Å². The molecule has 8 heteroatoms. The van der Waals surface area contributed by atoms with E-state index in [0.29, 0.717) is 28.4 Å². The van der Waals surface area contributed by atoms with Crippen LogP contribution in [0.15, 0.2) is 65.2 Å². The quantitative estimate of drug-likeness (QED) is 0.393. The molecule has 0 amide bonds. The Morgan fingerprint density at radius 1 is 1.14 bits per heavy atom. The van der Waals surface area contributed by atoms with Crippen LogP contribution in [0.4, 0.5) is 11.5 Å². The van der Waals surface area contributed by atoms with Crippen molar-refractivity contribution < 1.29 is 14.6 Å². The number of phenolic OH excluding ortho intramolecular Hbond substituents is 1. The molecule has 2 N–H and O–H groups in total. The van der Waals surface area contributed by atoms with Gasteiger partial charge >= 0.3 is 0 Å². The number of aryl methyl sites for hydroxylation is 1. The molecule has 2 aromatic heterocycles. The summed E-state index contributed by atoms with van der Waals surface area (Å²) in [5, 5.41) is 29.3. The van der Waals surface area contributed by atoms with Gasteiger partial charge in [0.15, 0.2) is 5.82 Å². The van der Waals surface area contributed by atoms with Gasteiger partial charge in [0.05, 0.1) is 16.7 Å². The summed E-state index contributed by atoms with van der Waals surface area (Å²) >= 11 is 0. The van der Waals surface area contributed by atoms with Crippen LogP contribution in [0.5, 0.6) is 5.75 Å². The molecule has 0 spiro atoms. The second-order valence-electron chi connectivity index (χ2n) is 6.34. The number of nitro benzene ring substituents is 1. The van der Waals surface area contributed by atoms with Crippen LogP contribution in [0, 0.1) is 17.0 Å². The van der Waals surface area contributed by atoms with Crippen molar-refractivity contribution in [2.24, 2.45) is 0 Å². The maximum atomic E-state index is 11.2. The van der Waals surface area contributed by atoms with Crippen LogP contribution in [0.25, 0.3) is 10.9 Å². The molecule has 2 heterocycles. The Hall–Kier alpha value is -3.94. The molecule has 0 fully saturated rings. The molecule has 28 heavy (non-hydrogen) atoms. The van der Waals surface area contributed by atoms with Crippen molar-refractivity contribution in [1.29, 1.82) is 0 Å². The zero-order valence-corrected chi connectivity index (χ0v) is 14.9. The Kier molecular flexibility index (Phi) is 4.36. The van der Waals surface area contributed by atoms with E-state index in [1.807, 2.05) is 18.2 Å². The predicted molar refractivity (Wildman–Crippen MR) is 103 cm³/mol. The third kappa shape index (κ3) is 3.35. The predicted octanol–water partition coefficient (Wildman–Crippen LogP) is 4.35. The molecule has 0 saturated carbocycles. The van der Waals surface area contributed by atoms with Crippen LogP contribution in [-0.2, 0) is 0 Å². The van der Waals surface area contributed by atoms with Crippen molar-refractivity contribution in [2.75, 3.05) is 5.32 Å². The zero-order chi connectivity index (χ0) is 19.7. The van der Waals surface area contributed by atoms with Crippen LogP contribution in [0.3, 0.4) is 0 Å². The number of hydrogen-bond donors (Lipinski definition) is 2. The first-order chi connectivity index (χ1) is 13.5. The number of phenols is 1. The number of aromatic hydroxyl groups is 1. The molecule has 140 valence electrons. The Morgan fingerprint density at radius 2 is 1.96 bits per heavy atom. The Morgan fingerprint density at radius 3 is 2.71 bits per heavy atom. The van der Waals surface area contributed by atoms with E-state index in [1.54, 1.807) is 37.3 Å². The van der Waals surface area contributed by atoms with Gasteiger partial charge in [-0.05, 0) is 24.6 Å². The van der Waals surface area contributed by atoms with Gasteiger partial charge in [-0.15, -0.1) is 0 Å². The number of non-ortho nitro benzene ring substituents is 1. The lowest BCUT2D eigenvalue weighted by molar-refractivity contribution is -0.384. The molecule has 0 saturated heterocycles. The Bertz CT molecular complexity index is 1170. The highest BCUT2D eigenvalue weighted by molar-refractivity contribution is 5.84. The van der Waals surface area contributed by atoms with Crippen molar-refractivity contribution in [3.8, 4) is 5.75 Å². The smallest absolute Gasteiger partial charge is 0.269 e. The summed E-state index contributed by atoms with van der Waals surface area (Å²) in [6.07, 6.45) is 0. The van der Waals surface area contributed by atoms with Gasteiger partial charge in [-0.2, -0.15) is 0 Å². The third-order valence-corrected chi connectivity index (χ3v) is 4.35. The van der Waals surface area contributed by atoms with Crippen molar-refractivity contribution in [1.82, 2.24) is 10.1 Å². The number of benzene rings is 2. The normalized spacial score (nSPS) is 12.0. The van der Waals surface area contributed by atoms with Crippen molar-refractivity contribution in [2.45, 2.75) is 13.0 Å². The average Bonchev–Trinajstić information content (AvgIpc) is 3.11. The van der Waals surface area contributed by atoms with Gasteiger partial charge in [-0.1, -0.05) is 35.5 Å². The number of nitrogens with one attached hydrogen (secondary N) is 1. The highest BCUT2D eigenvalue weighted by Gasteiger charge is 2.20. The number of nitro groups is 1. The number of fused-ring (bicyclic) bond motifs is 1. The first-order valence-electron chi connectivity index (χ1n) is 8.54. The van der Waals surface area contributed by atoms with Crippen molar-refractivity contribution in [3.63, 3.8) is 0 Å². The summed E-state index contributed by atoms with van der Waals surface area (Å²) < 4.78 is 5.11. The van der Waals surface area contributed by atoms with Crippen LogP contribution in [0.1, 0.15) is 23.1 Å². The van der Waals surface area contributed by atoms with E-state index in [2.05, 4.69) is 15.5 Å². The molecule has 8 nitrogen and oxygen atoms in total. The molecule has 4 aromatic rings. The number of hydrogen-bond acceptors (Lipinski definition) is 7. The number of rotatable bonds is 5. The molecule has 0 aliphatic rings. The highest BCUT2D eigenvalue weighted by atomic mass is 16.6. The molecule has 0 radical (unpaired) electrons. The van der Waals surface area contributed by atoms with E-state index in [-0.39, 0.29) is 11.4 Å². The fraction of sp³-hybridized carbons (Fsp3) is 0.100. The molecular weight excluding hydrogens is 360 g/mol. The maximum Gasteiger partial charge on any atom is 0.269 e. The monoisotopic (exact) mass is 376 g/mol. The first kappa shape index (κ1) is 17.5.